The van der Waals surface area contributed by atoms with Crippen LogP contribution in [0.4, 0.5) is 4.79 Å². The van der Waals surface area contributed by atoms with E-state index in [-0.39, 0.29) is 24.8 Å². The van der Waals surface area contributed by atoms with Gasteiger partial charge in [0.2, 0.25) is 11.7 Å². The summed E-state index contributed by atoms with van der Waals surface area (Å²) in [5, 5.41) is 11.9. The van der Waals surface area contributed by atoms with Gasteiger partial charge in [-0.05, 0) is 6.42 Å². The Morgan fingerprint density at radius 2 is 2.19 bits per heavy atom. The van der Waals surface area contributed by atoms with Gasteiger partial charge in [-0.15, -0.1) is 0 Å². The van der Waals surface area contributed by atoms with Gasteiger partial charge in [0.05, 0.1) is 19.2 Å². The van der Waals surface area contributed by atoms with Crippen LogP contribution in [0.3, 0.4) is 0 Å². The van der Waals surface area contributed by atoms with Gasteiger partial charge in [0.25, 0.3) is 5.91 Å². The second-order valence-electron chi connectivity index (χ2n) is 5.67. The summed E-state index contributed by atoms with van der Waals surface area (Å²) in [5.74, 6) is 0.0558. The number of nitrogens with one attached hydrogen (secondary N) is 3. The number of imide groups is 1. The molecule has 11 nitrogen and oxygen atoms in total. The number of rotatable bonds is 7. The quantitative estimate of drug-likeness (QED) is 0.571. The fraction of sp³-hybridized carbons (Fsp3) is 0.400. The highest BCUT2D eigenvalue weighted by Crippen LogP contribution is 2.11. The predicted molar refractivity (Wildman–Crippen MR) is 88.2 cm³/mol. The number of H-pyrrole nitrogens is 1. The van der Waals surface area contributed by atoms with Gasteiger partial charge in [0, 0.05) is 18.9 Å². The van der Waals surface area contributed by atoms with Gasteiger partial charge in [0.1, 0.15) is 17.6 Å². The van der Waals surface area contributed by atoms with Crippen LogP contribution in [0, 0.1) is 0 Å². The number of hydrogen-bond donors (Lipinski definition) is 3. The lowest BCUT2D eigenvalue weighted by Gasteiger charge is -2.11. The SMILES string of the molecule is CCCN1C(=O)N[C@@H](CC(=O)NCc2nc(-c3cnccn3)n[nH]2)C1=O. The van der Waals surface area contributed by atoms with E-state index in [9.17, 15) is 14.4 Å². The van der Waals surface area contributed by atoms with E-state index < -0.39 is 12.1 Å². The zero-order chi connectivity index (χ0) is 18.5. The Bertz CT molecular complexity index is 806. The number of carbonyl (C=O) groups excluding carboxylic acids is 3. The van der Waals surface area contributed by atoms with Crippen molar-refractivity contribution in [2.45, 2.75) is 32.4 Å². The van der Waals surface area contributed by atoms with E-state index in [0.717, 1.165) is 4.90 Å². The molecule has 4 amide bonds. The van der Waals surface area contributed by atoms with Crippen LogP contribution >= 0.6 is 0 Å². The minimum Gasteiger partial charge on any atom is -0.349 e. The van der Waals surface area contributed by atoms with Gasteiger partial charge >= 0.3 is 6.03 Å². The lowest BCUT2D eigenvalue weighted by atomic mass is 10.2. The van der Waals surface area contributed by atoms with Crippen molar-refractivity contribution < 1.29 is 14.4 Å². The molecule has 0 aromatic carbocycles. The fourth-order valence-electron chi connectivity index (χ4n) is 2.49. The van der Waals surface area contributed by atoms with Gasteiger partial charge in [-0.2, -0.15) is 5.10 Å². The van der Waals surface area contributed by atoms with Gasteiger partial charge in [-0.25, -0.2) is 14.8 Å². The van der Waals surface area contributed by atoms with Crippen LogP contribution in [0.2, 0.25) is 0 Å². The Hall–Kier alpha value is -3.37. The highest BCUT2D eigenvalue weighted by atomic mass is 16.2. The first-order chi connectivity index (χ1) is 12.6. The van der Waals surface area contributed by atoms with Gasteiger partial charge in [-0.1, -0.05) is 6.92 Å². The third-order valence-electron chi connectivity index (χ3n) is 3.72. The molecule has 0 bridgehead atoms. The first-order valence-electron chi connectivity index (χ1n) is 8.14. The first-order valence-corrected chi connectivity index (χ1v) is 8.14. The van der Waals surface area contributed by atoms with Gasteiger partial charge in [0.15, 0.2) is 0 Å². The molecule has 11 heteroatoms. The Labute approximate surface area is 148 Å². The number of amides is 4. The van der Waals surface area contributed by atoms with E-state index in [4.69, 9.17) is 0 Å². The largest absolute Gasteiger partial charge is 0.349 e. The van der Waals surface area contributed by atoms with Crippen molar-refractivity contribution in [1.29, 1.82) is 0 Å². The Balaban J connectivity index is 1.51. The first kappa shape index (κ1) is 17.5. The van der Waals surface area contributed by atoms with Crippen molar-refractivity contribution in [2.24, 2.45) is 0 Å². The maximum absolute atomic E-state index is 12.1. The summed E-state index contributed by atoms with van der Waals surface area (Å²) in [6.07, 6.45) is 5.14. The molecule has 136 valence electrons. The topological polar surface area (TPSA) is 146 Å². The smallest absolute Gasteiger partial charge is 0.324 e. The minimum absolute atomic E-state index is 0.111. The van der Waals surface area contributed by atoms with Gasteiger partial charge in [-0.3, -0.25) is 24.6 Å². The van der Waals surface area contributed by atoms with Crippen molar-refractivity contribution in [2.75, 3.05) is 6.54 Å². The Kier molecular flexibility index (Phi) is 5.15. The molecule has 3 rings (SSSR count). The van der Waals surface area contributed by atoms with Crippen molar-refractivity contribution in [3.63, 3.8) is 0 Å². The average Bonchev–Trinajstić information content (AvgIpc) is 3.22. The lowest BCUT2D eigenvalue weighted by Crippen LogP contribution is -2.36. The Morgan fingerprint density at radius 3 is 2.92 bits per heavy atom. The summed E-state index contributed by atoms with van der Waals surface area (Å²) in [5.41, 5.74) is 0.511. The monoisotopic (exact) mass is 358 g/mol. The van der Waals surface area contributed by atoms with Gasteiger partial charge < -0.3 is 10.6 Å². The van der Waals surface area contributed by atoms with E-state index >= 15 is 0 Å². The van der Waals surface area contributed by atoms with E-state index in [1.807, 2.05) is 6.92 Å². The fourth-order valence-corrected chi connectivity index (χ4v) is 2.49. The summed E-state index contributed by atoms with van der Waals surface area (Å²) in [6, 6.07) is -1.29. The number of carbonyl (C=O) groups is 3. The Morgan fingerprint density at radius 1 is 1.35 bits per heavy atom. The molecule has 1 fully saturated rings. The van der Waals surface area contributed by atoms with Crippen molar-refractivity contribution >= 4 is 17.8 Å². The van der Waals surface area contributed by atoms with Crippen LogP contribution < -0.4 is 10.6 Å². The molecule has 2 aromatic heterocycles. The number of hydrogen-bond acceptors (Lipinski definition) is 7. The van der Waals surface area contributed by atoms with Crippen LogP contribution in [0.15, 0.2) is 18.6 Å². The molecule has 1 aliphatic rings. The third kappa shape index (κ3) is 3.82. The van der Waals surface area contributed by atoms with Crippen LogP contribution in [0.25, 0.3) is 11.5 Å². The molecular formula is C15H18N8O3. The van der Waals surface area contributed by atoms with E-state index in [1.165, 1.54) is 12.4 Å². The van der Waals surface area contributed by atoms with Crippen LogP contribution in [0.1, 0.15) is 25.6 Å². The molecule has 0 radical (unpaired) electrons. The summed E-state index contributed by atoms with van der Waals surface area (Å²) in [7, 11) is 0. The molecule has 0 unspecified atom stereocenters. The third-order valence-corrected chi connectivity index (χ3v) is 3.72. The second-order valence-corrected chi connectivity index (χ2v) is 5.67. The minimum atomic E-state index is -0.834. The zero-order valence-corrected chi connectivity index (χ0v) is 14.1. The van der Waals surface area contributed by atoms with E-state index in [1.54, 1.807) is 6.20 Å². The standard InChI is InChI=1S/C15H18N8O3/c1-2-5-23-14(25)9(19-15(23)26)6-12(24)18-8-11-20-13(22-21-11)10-7-16-3-4-17-10/h3-4,7,9H,2,5-6,8H2,1H3,(H,18,24)(H,19,26)(H,20,21,22)/t9-/m0/s1. The van der Waals surface area contributed by atoms with Crippen molar-refractivity contribution in [3.8, 4) is 11.5 Å². The maximum atomic E-state index is 12.1. The maximum Gasteiger partial charge on any atom is 0.324 e. The zero-order valence-electron chi connectivity index (χ0n) is 14.1. The molecule has 1 atom stereocenters. The average molecular weight is 358 g/mol. The van der Waals surface area contributed by atoms with Crippen molar-refractivity contribution in [1.82, 2.24) is 40.7 Å². The molecule has 2 aromatic rings. The van der Waals surface area contributed by atoms with Crippen LogP contribution in [0.5, 0.6) is 0 Å². The predicted octanol–water partition coefficient (Wildman–Crippen LogP) is -0.402. The molecule has 1 saturated heterocycles. The summed E-state index contributed by atoms with van der Waals surface area (Å²) in [6.45, 7) is 2.32. The summed E-state index contributed by atoms with van der Waals surface area (Å²) < 4.78 is 0. The molecule has 26 heavy (non-hydrogen) atoms. The number of nitrogens with zero attached hydrogens (tertiary/aromatic N) is 5. The normalized spacial score (nSPS) is 16.7. The molecule has 0 spiro atoms. The molecular weight excluding hydrogens is 340 g/mol. The lowest BCUT2D eigenvalue weighted by molar-refractivity contribution is -0.130. The summed E-state index contributed by atoms with van der Waals surface area (Å²) >= 11 is 0. The number of aromatic nitrogens is 5. The molecule has 0 aliphatic carbocycles. The van der Waals surface area contributed by atoms with Crippen LogP contribution in [-0.4, -0.2) is 60.5 Å². The molecule has 1 aliphatic heterocycles. The van der Waals surface area contributed by atoms with E-state index in [2.05, 4.69) is 35.8 Å². The number of urea groups is 1. The molecule has 3 heterocycles. The van der Waals surface area contributed by atoms with Crippen LogP contribution in [-0.2, 0) is 16.1 Å². The number of aromatic amines is 1. The van der Waals surface area contributed by atoms with Crippen molar-refractivity contribution in [3.05, 3.63) is 24.4 Å². The highest BCUT2D eigenvalue weighted by molar-refractivity contribution is 6.05. The summed E-state index contributed by atoms with van der Waals surface area (Å²) in [4.78, 5) is 49.2. The highest BCUT2D eigenvalue weighted by Gasteiger charge is 2.38. The molecule has 0 saturated carbocycles. The van der Waals surface area contributed by atoms with E-state index in [0.29, 0.717) is 30.3 Å². The molecule has 3 N–H and O–H groups in total. The second kappa shape index (κ2) is 7.68.